The summed E-state index contributed by atoms with van der Waals surface area (Å²) in [5.74, 6) is 1.14. The summed E-state index contributed by atoms with van der Waals surface area (Å²) >= 11 is 7.15. The molecule has 1 aliphatic rings. The van der Waals surface area contributed by atoms with Gasteiger partial charge in [-0.1, -0.05) is 16.8 Å². The molecule has 0 atom stereocenters. The van der Waals surface area contributed by atoms with E-state index in [0.717, 1.165) is 5.56 Å². The van der Waals surface area contributed by atoms with E-state index in [4.69, 9.17) is 16.1 Å². The van der Waals surface area contributed by atoms with E-state index >= 15 is 0 Å². The van der Waals surface area contributed by atoms with Gasteiger partial charge in [-0.3, -0.25) is 9.78 Å². The topological polar surface area (TPSA) is 72.1 Å². The highest BCUT2D eigenvalue weighted by Gasteiger charge is 2.36. The first kappa shape index (κ1) is 14.3. The Balaban J connectivity index is 1.42. The van der Waals surface area contributed by atoms with Crippen molar-refractivity contribution in [3.63, 3.8) is 0 Å². The van der Waals surface area contributed by atoms with Gasteiger partial charge in [-0.05, 0) is 24.3 Å². The second-order valence-electron chi connectivity index (χ2n) is 5.21. The summed E-state index contributed by atoms with van der Waals surface area (Å²) < 4.78 is 5.93. The van der Waals surface area contributed by atoms with Crippen molar-refractivity contribution in [1.82, 2.24) is 20.0 Å². The third-order valence-electron chi connectivity index (χ3n) is 3.66. The van der Waals surface area contributed by atoms with Crippen LogP contribution in [0.5, 0.6) is 0 Å². The van der Waals surface area contributed by atoms with Crippen LogP contribution in [0.1, 0.15) is 21.5 Å². The number of hydrogen-bond donors (Lipinski definition) is 0. The van der Waals surface area contributed by atoms with E-state index in [1.54, 1.807) is 29.4 Å². The number of carbonyl (C=O) groups is 1. The Morgan fingerprint density at radius 3 is 2.91 bits per heavy atom. The van der Waals surface area contributed by atoms with Crippen molar-refractivity contribution < 1.29 is 9.32 Å². The fourth-order valence-corrected chi connectivity index (χ4v) is 3.41. The Labute approximate surface area is 140 Å². The molecule has 3 aromatic heterocycles. The zero-order valence-corrected chi connectivity index (χ0v) is 13.4. The van der Waals surface area contributed by atoms with Crippen molar-refractivity contribution in [3.8, 4) is 11.4 Å². The van der Waals surface area contributed by atoms with Crippen LogP contribution in [0.3, 0.4) is 0 Å². The molecule has 3 aromatic rings. The number of aromatic nitrogens is 3. The number of hydrogen-bond acceptors (Lipinski definition) is 6. The second kappa shape index (κ2) is 5.75. The zero-order chi connectivity index (χ0) is 15.8. The molecule has 1 amide bonds. The fourth-order valence-electron chi connectivity index (χ4n) is 2.40. The molecule has 0 N–H and O–H groups in total. The molecule has 0 spiro atoms. The van der Waals surface area contributed by atoms with E-state index in [-0.39, 0.29) is 11.8 Å². The van der Waals surface area contributed by atoms with Gasteiger partial charge in [-0.15, -0.1) is 11.3 Å². The smallest absolute Gasteiger partial charge is 0.264 e. The van der Waals surface area contributed by atoms with Crippen LogP contribution >= 0.6 is 22.9 Å². The Morgan fingerprint density at radius 1 is 1.35 bits per heavy atom. The van der Waals surface area contributed by atoms with Crippen LogP contribution in [0.25, 0.3) is 11.4 Å². The van der Waals surface area contributed by atoms with Crippen LogP contribution in [-0.4, -0.2) is 39.0 Å². The molecule has 8 heteroatoms. The summed E-state index contributed by atoms with van der Waals surface area (Å²) in [7, 11) is 0. The molecule has 6 nitrogen and oxygen atoms in total. The molecule has 4 rings (SSSR count). The molecule has 0 unspecified atom stereocenters. The summed E-state index contributed by atoms with van der Waals surface area (Å²) in [6, 6.07) is 7.17. The van der Waals surface area contributed by atoms with Gasteiger partial charge < -0.3 is 9.42 Å². The van der Waals surface area contributed by atoms with Gasteiger partial charge in [0.2, 0.25) is 11.7 Å². The van der Waals surface area contributed by atoms with Crippen molar-refractivity contribution in [3.05, 3.63) is 51.8 Å². The summed E-state index contributed by atoms with van der Waals surface area (Å²) in [6.45, 7) is 1.14. The first-order valence-corrected chi connectivity index (χ1v) is 8.19. The molecule has 23 heavy (non-hydrogen) atoms. The van der Waals surface area contributed by atoms with E-state index in [0.29, 0.717) is 34.0 Å². The lowest BCUT2D eigenvalue weighted by Gasteiger charge is -2.36. The third-order valence-corrected chi connectivity index (χ3v) is 4.88. The van der Waals surface area contributed by atoms with Crippen LogP contribution in [-0.2, 0) is 0 Å². The molecule has 0 bridgehead atoms. The van der Waals surface area contributed by atoms with Crippen molar-refractivity contribution in [2.45, 2.75) is 5.92 Å². The molecule has 1 fully saturated rings. The predicted octanol–water partition coefficient (Wildman–Crippen LogP) is 3.09. The molecule has 0 aromatic carbocycles. The van der Waals surface area contributed by atoms with Crippen molar-refractivity contribution in [2.75, 3.05) is 13.1 Å². The highest BCUT2D eigenvalue weighted by atomic mass is 35.5. The molecule has 0 aliphatic carbocycles. The maximum Gasteiger partial charge on any atom is 0.264 e. The minimum atomic E-state index is -0.00912. The summed E-state index contributed by atoms with van der Waals surface area (Å²) in [5.41, 5.74) is 0.808. The van der Waals surface area contributed by atoms with Gasteiger partial charge in [-0.2, -0.15) is 4.98 Å². The summed E-state index contributed by atoms with van der Waals surface area (Å²) in [6.07, 6.45) is 3.38. The summed E-state index contributed by atoms with van der Waals surface area (Å²) in [5, 5.41) is 3.98. The van der Waals surface area contributed by atoms with E-state index in [9.17, 15) is 4.79 Å². The lowest BCUT2D eigenvalue weighted by Crippen LogP contribution is -2.48. The number of nitrogens with zero attached hydrogens (tertiary/aromatic N) is 4. The second-order valence-corrected chi connectivity index (χ2v) is 6.92. The molecule has 1 saturated heterocycles. The third kappa shape index (κ3) is 2.73. The number of pyridine rings is 1. The van der Waals surface area contributed by atoms with E-state index in [2.05, 4.69) is 15.1 Å². The van der Waals surface area contributed by atoms with Crippen LogP contribution in [0, 0.1) is 0 Å². The fraction of sp³-hybridized carbons (Fsp3) is 0.200. The van der Waals surface area contributed by atoms with Gasteiger partial charge in [0, 0.05) is 31.0 Å². The van der Waals surface area contributed by atoms with Gasteiger partial charge in [0.25, 0.3) is 5.91 Å². The van der Waals surface area contributed by atoms with Gasteiger partial charge >= 0.3 is 0 Å². The van der Waals surface area contributed by atoms with E-state index < -0.39 is 0 Å². The molecular weight excluding hydrogens is 336 g/mol. The van der Waals surface area contributed by atoms with Crippen molar-refractivity contribution in [2.24, 2.45) is 0 Å². The number of likely N-dealkylation sites (tertiary alicyclic amines) is 1. The van der Waals surface area contributed by atoms with Crippen LogP contribution in [0.4, 0.5) is 0 Å². The molecular formula is C15H11ClN4O2S. The average Bonchev–Trinajstić information content (AvgIpc) is 3.16. The van der Waals surface area contributed by atoms with Gasteiger partial charge in [-0.25, -0.2) is 0 Å². The van der Waals surface area contributed by atoms with E-state index in [1.165, 1.54) is 11.3 Å². The van der Waals surface area contributed by atoms with Crippen molar-refractivity contribution in [1.29, 1.82) is 0 Å². The molecule has 1 aliphatic heterocycles. The number of thiophene rings is 1. The number of carbonyl (C=O) groups excluding carboxylic acids is 1. The minimum absolute atomic E-state index is 0.00912. The van der Waals surface area contributed by atoms with Gasteiger partial charge in [0.15, 0.2) is 0 Å². The number of halogens is 1. The zero-order valence-electron chi connectivity index (χ0n) is 11.8. The largest absolute Gasteiger partial charge is 0.339 e. The molecule has 4 heterocycles. The number of rotatable bonds is 3. The Bertz CT molecular complexity index is 842. The highest BCUT2D eigenvalue weighted by molar-refractivity contribution is 7.17. The van der Waals surface area contributed by atoms with E-state index in [1.807, 2.05) is 12.1 Å². The van der Waals surface area contributed by atoms with Gasteiger partial charge in [0.1, 0.15) is 0 Å². The summed E-state index contributed by atoms with van der Waals surface area (Å²) in [4.78, 5) is 23.1. The van der Waals surface area contributed by atoms with Crippen molar-refractivity contribution >= 4 is 28.8 Å². The van der Waals surface area contributed by atoms with Crippen LogP contribution in [0.15, 0.2) is 41.2 Å². The van der Waals surface area contributed by atoms with Crippen LogP contribution in [0.2, 0.25) is 4.34 Å². The normalized spacial score (nSPS) is 14.7. The quantitative estimate of drug-likeness (QED) is 0.728. The van der Waals surface area contributed by atoms with Crippen LogP contribution < -0.4 is 0 Å². The first-order chi connectivity index (χ1) is 11.2. The molecule has 0 radical (unpaired) electrons. The Kier molecular flexibility index (Phi) is 3.59. The molecule has 116 valence electrons. The highest BCUT2D eigenvalue weighted by Crippen LogP contribution is 2.30. The first-order valence-electron chi connectivity index (χ1n) is 6.99. The SMILES string of the molecule is O=C(c1ccc(Cl)s1)N1CC(c2nc(-c3cccnc3)no2)C1. The minimum Gasteiger partial charge on any atom is -0.339 e. The Hall–Kier alpha value is -2.25. The molecule has 0 saturated carbocycles. The lowest BCUT2D eigenvalue weighted by molar-refractivity contribution is 0.0574. The average molecular weight is 347 g/mol. The standard InChI is InChI=1S/C15H11ClN4O2S/c16-12-4-3-11(23-12)15(21)20-7-10(8-20)14-18-13(19-22-14)9-2-1-5-17-6-9/h1-6,10H,7-8H2. The maximum absolute atomic E-state index is 12.2. The Morgan fingerprint density at radius 2 is 2.22 bits per heavy atom. The lowest BCUT2D eigenvalue weighted by atomic mass is 10.00. The van der Waals surface area contributed by atoms with Gasteiger partial charge in [0.05, 0.1) is 15.1 Å². The number of amides is 1. The maximum atomic E-state index is 12.2. The predicted molar refractivity (Wildman–Crippen MR) is 85.5 cm³/mol. The monoisotopic (exact) mass is 346 g/mol.